The van der Waals surface area contributed by atoms with Crippen molar-refractivity contribution >= 4 is 11.8 Å². The zero-order valence-corrected chi connectivity index (χ0v) is 15.8. The first-order valence-electron chi connectivity index (χ1n) is 9.78. The zero-order chi connectivity index (χ0) is 18.9. The minimum absolute atomic E-state index is 0.0490. The van der Waals surface area contributed by atoms with E-state index in [2.05, 4.69) is 36.5 Å². The van der Waals surface area contributed by atoms with Gasteiger partial charge in [0.2, 0.25) is 5.91 Å². The minimum atomic E-state index is -0.375. The molecule has 0 aliphatic carbocycles. The van der Waals surface area contributed by atoms with Crippen molar-refractivity contribution in [1.29, 1.82) is 0 Å². The number of nitrogens with zero attached hydrogens (tertiary/aromatic N) is 1. The Hall–Kier alpha value is -2.62. The highest BCUT2D eigenvalue weighted by Gasteiger charge is 2.47. The molecule has 1 spiro atoms. The summed E-state index contributed by atoms with van der Waals surface area (Å²) in [6, 6.07) is 16.3. The SMILES string of the molecule is Cc1ccc(Cc2ccccc2C(=O)N2CC[C@]3(CCCNC3=O)C2)cc1. The van der Waals surface area contributed by atoms with Crippen LogP contribution in [0.1, 0.15) is 46.3 Å². The smallest absolute Gasteiger partial charge is 0.254 e. The van der Waals surface area contributed by atoms with Crippen LogP contribution in [0.2, 0.25) is 0 Å². The average Bonchev–Trinajstić information content (AvgIpc) is 3.11. The van der Waals surface area contributed by atoms with E-state index in [0.717, 1.165) is 43.4 Å². The number of amides is 2. The Balaban J connectivity index is 1.54. The van der Waals surface area contributed by atoms with Crippen molar-refractivity contribution in [2.24, 2.45) is 5.41 Å². The third-order valence-corrected chi connectivity index (χ3v) is 6.00. The third-order valence-electron chi connectivity index (χ3n) is 6.00. The van der Waals surface area contributed by atoms with E-state index in [9.17, 15) is 9.59 Å². The summed E-state index contributed by atoms with van der Waals surface area (Å²) in [5, 5.41) is 2.99. The number of piperidine rings is 1. The fraction of sp³-hybridized carbons (Fsp3) is 0.391. The van der Waals surface area contributed by atoms with Crippen LogP contribution in [-0.2, 0) is 11.2 Å². The Kier molecular flexibility index (Phi) is 4.73. The van der Waals surface area contributed by atoms with Gasteiger partial charge in [0.05, 0.1) is 5.41 Å². The second-order valence-electron chi connectivity index (χ2n) is 7.94. The molecule has 2 aliphatic rings. The van der Waals surface area contributed by atoms with Gasteiger partial charge in [0, 0.05) is 25.2 Å². The molecule has 27 heavy (non-hydrogen) atoms. The predicted octanol–water partition coefficient (Wildman–Crippen LogP) is 3.33. The van der Waals surface area contributed by atoms with Gasteiger partial charge in [-0.05, 0) is 49.8 Å². The Morgan fingerprint density at radius 3 is 2.67 bits per heavy atom. The van der Waals surface area contributed by atoms with Crippen molar-refractivity contribution in [3.63, 3.8) is 0 Å². The highest BCUT2D eigenvalue weighted by atomic mass is 16.2. The molecule has 0 saturated carbocycles. The molecule has 2 fully saturated rings. The van der Waals surface area contributed by atoms with Crippen molar-refractivity contribution in [2.75, 3.05) is 19.6 Å². The first kappa shape index (κ1) is 17.8. The molecule has 1 N–H and O–H groups in total. The third kappa shape index (κ3) is 3.48. The Morgan fingerprint density at radius 2 is 1.89 bits per heavy atom. The van der Waals surface area contributed by atoms with Crippen LogP contribution in [0.15, 0.2) is 48.5 Å². The number of carbonyl (C=O) groups is 2. The topological polar surface area (TPSA) is 49.4 Å². The number of carbonyl (C=O) groups excluding carboxylic acids is 2. The van der Waals surface area contributed by atoms with Crippen LogP contribution in [0.25, 0.3) is 0 Å². The summed E-state index contributed by atoms with van der Waals surface area (Å²) in [6.45, 7) is 4.03. The molecule has 1 atom stereocenters. The second kappa shape index (κ2) is 7.18. The quantitative estimate of drug-likeness (QED) is 0.910. The Morgan fingerprint density at radius 1 is 1.11 bits per heavy atom. The average molecular weight is 362 g/mol. The molecule has 2 aromatic rings. The number of rotatable bonds is 3. The van der Waals surface area contributed by atoms with Gasteiger partial charge in [0.15, 0.2) is 0 Å². The van der Waals surface area contributed by atoms with Gasteiger partial charge in [-0.3, -0.25) is 9.59 Å². The highest BCUT2D eigenvalue weighted by Crippen LogP contribution is 2.38. The standard InChI is InChI=1S/C23H26N2O2/c1-17-7-9-18(10-8-17)15-19-5-2-3-6-20(19)21(26)25-14-12-23(16-25)11-4-13-24-22(23)27/h2-3,5-10H,4,11-16H2,1H3,(H,24,27)/t23-/m1/s1. The molecule has 4 rings (SSSR count). The van der Waals surface area contributed by atoms with Crippen molar-refractivity contribution in [1.82, 2.24) is 10.2 Å². The number of hydrogen-bond donors (Lipinski definition) is 1. The summed E-state index contributed by atoms with van der Waals surface area (Å²) in [6.07, 6.45) is 3.39. The lowest BCUT2D eigenvalue weighted by molar-refractivity contribution is -0.132. The Labute approximate surface area is 160 Å². The molecule has 0 bridgehead atoms. The van der Waals surface area contributed by atoms with E-state index in [4.69, 9.17) is 0 Å². The van der Waals surface area contributed by atoms with Gasteiger partial charge in [-0.25, -0.2) is 0 Å². The van der Waals surface area contributed by atoms with E-state index in [1.165, 1.54) is 11.1 Å². The molecule has 4 nitrogen and oxygen atoms in total. The van der Waals surface area contributed by atoms with Crippen LogP contribution in [0.5, 0.6) is 0 Å². The van der Waals surface area contributed by atoms with Gasteiger partial charge in [0.25, 0.3) is 5.91 Å². The molecule has 2 aliphatic heterocycles. The monoisotopic (exact) mass is 362 g/mol. The molecule has 4 heteroatoms. The van der Waals surface area contributed by atoms with E-state index in [1.807, 2.05) is 29.2 Å². The first-order chi connectivity index (χ1) is 13.1. The number of hydrogen-bond acceptors (Lipinski definition) is 2. The van der Waals surface area contributed by atoms with Crippen molar-refractivity contribution in [3.05, 3.63) is 70.8 Å². The summed E-state index contributed by atoms with van der Waals surface area (Å²) in [4.78, 5) is 27.5. The molecular weight excluding hydrogens is 336 g/mol. The summed E-state index contributed by atoms with van der Waals surface area (Å²) in [5.74, 6) is 0.171. The molecule has 2 amide bonds. The van der Waals surface area contributed by atoms with Crippen molar-refractivity contribution in [2.45, 2.75) is 32.6 Å². The number of benzene rings is 2. The van der Waals surface area contributed by atoms with Crippen molar-refractivity contribution < 1.29 is 9.59 Å². The number of likely N-dealkylation sites (tertiary alicyclic amines) is 1. The zero-order valence-electron chi connectivity index (χ0n) is 15.8. The summed E-state index contributed by atoms with van der Waals surface area (Å²) >= 11 is 0. The molecule has 140 valence electrons. The van der Waals surface area contributed by atoms with Crippen LogP contribution in [0, 0.1) is 12.3 Å². The maximum atomic E-state index is 13.2. The maximum absolute atomic E-state index is 13.2. The molecule has 0 unspecified atom stereocenters. The largest absolute Gasteiger partial charge is 0.356 e. The van der Waals surface area contributed by atoms with E-state index in [0.29, 0.717) is 13.1 Å². The fourth-order valence-electron chi connectivity index (χ4n) is 4.34. The van der Waals surface area contributed by atoms with Crippen LogP contribution in [0.3, 0.4) is 0 Å². The maximum Gasteiger partial charge on any atom is 0.254 e. The van der Waals surface area contributed by atoms with Gasteiger partial charge in [-0.2, -0.15) is 0 Å². The fourth-order valence-corrected chi connectivity index (χ4v) is 4.34. The van der Waals surface area contributed by atoms with Gasteiger partial charge in [-0.15, -0.1) is 0 Å². The number of nitrogens with one attached hydrogen (secondary N) is 1. The van der Waals surface area contributed by atoms with E-state index in [-0.39, 0.29) is 17.2 Å². The van der Waals surface area contributed by atoms with Gasteiger partial charge in [-0.1, -0.05) is 48.0 Å². The van der Waals surface area contributed by atoms with E-state index in [1.54, 1.807) is 0 Å². The van der Waals surface area contributed by atoms with E-state index < -0.39 is 0 Å². The van der Waals surface area contributed by atoms with Crippen LogP contribution < -0.4 is 5.32 Å². The van der Waals surface area contributed by atoms with Gasteiger partial charge >= 0.3 is 0 Å². The lowest BCUT2D eigenvalue weighted by Gasteiger charge is -2.32. The summed E-state index contributed by atoms with van der Waals surface area (Å²) < 4.78 is 0. The Bertz CT molecular complexity index is 859. The summed E-state index contributed by atoms with van der Waals surface area (Å²) in [5.41, 5.74) is 3.85. The van der Waals surface area contributed by atoms with Crippen LogP contribution in [-0.4, -0.2) is 36.3 Å². The van der Waals surface area contributed by atoms with Gasteiger partial charge in [0.1, 0.15) is 0 Å². The highest BCUT2D eigenvalue weighted by molar-refractivity contribution is 5.97. The number of aryl methyl sites for hydroxylation is 1. The molecule has 2 heterocycles. The lowest BCUT2D eigenvalue weighted by Crippen LogP contribution is -2.47. The predicted molar refractivity (Wildman–Crippen MR) is 106 cm³/mol. The molecule has 2 saturated heterocycles. The van der Waals surface area contributed by atoms with Gasteiger partial charge < -0.3 is 10.2 Å². The van der Waals surface area contributed by atoms with E-state index >= 15 is 0 Å². The first-order valence-corrected chi connectivity index (χ1v) is 9.78. The minimum Gasteiger partial charge on any atom is -0.356 e. The second-order valence-corrected chi connectivity index (χ2v) is 7.94. The van der Waals surface area contributed by atoms with Crippen LogP contribution in [0.4, 0.5) is 0 Å². The molecule has 0 radical (unpaired) electrons. The molecule has 0 aromatic heterocycles. The lowest BCUT2D eigenvalue weighted by atomic mass is 9.79. The van der Waals surface area contributed by atoms with Crippen LogP contribution >= 0.6 is 0 Å². The molecule has 2 aromatic carbocycles. The summed E-state index contributed by atoms with van der Waals surface area (Å²) in [7, 11) is 0. The normalized spacial score (nSPS) is 22.1. The van der Waals surface area contributed by atoms with Crippen molar-refractivity contribution in [3.8, 4) is 0 Å². The molecular formula is C23H26N2O2.